The first-order valence-electron chi connectivity index (χ1n) is 11.1. The molecule has 29 heavy (non-hydrogen) atoms. The molecular formula is C24H38KO4. The van der Waals surface area contributed by atoms with Gasteiger partial charge in [0.1, 0.15) is 0 Å². The summed E-state index contributed by atoms with van der Waals surface area (Å²) in [6.07, 6.45) is 13.6. The minimum Gasteiger partial charge on any atom is -0.462 e. The van der Waals surface area contributed by atoms with Gasteiger partial charge in [-0.2, -0.15) is 0 Å². The molecule has 0 aliphatic heterocycles. The van der Waals surface area contributed by atoms with Crippen LogP contribution in [0.4, 0.5) is 0 Å². The molecule has 0 unspecified atom stereocenters. The van der Waals surface area contributed by atoms with Crippen molar-refractivity contribution >= 4 is 63.3 Å². The first-order chi connectivity index (χ1) is 13.7. The Bertz CT molecular complexity index is 511. The smallest absolute Gasteiger partial charge is 0.339 e. The second kappa shape index (κ2) is 19.7. The summed E-state index contributed by atoms with van der Waals surface area (Å²) in [6.45, 7) is 5.17. The molecule has 0 bridgehead atoms. The summed E-state index contributed by atoms with van der Waals surface area (Å²) in [4.78, 5) is 24.7. The van der Waals surface area contributed by atoms with E-state index in [1.165, 1.54) is 51.4 Å². The number of benzene rings is 1. The molecule has 0 heterocycles. The molecule has 0 N–H and O–H groups in total. The van der Waals surface area contributed by atoms with E-state index >= 15 is 0 Å². The minimum absolute atomic E-state index is 0. The van der Waals surface area contributed by atoms with Crippen LogP contribution in [0.3, 0.4) is 0 Å². The van der Waals surface area contributed by atoms with Gasteiger partial charge in [0, 0.05) is 51.4 Å². The number of hydrogen-bond donors (Lipinski definition) is 0. The quantitative estimate of drug-likeness (QED) is 0.175. The van der Waals surface area contributed by atoms with Gasteiger partial charge in [-0.25, -0.2) is 9.59 Å². The van der Waals surface area contributed by atoms with Crippen LogP contribution in [0, 0.1) is 0 Å². The monoisotopic (exact) mass is 429 g/mol. The normalized spacial score (nSPS) is 10.3. The zero-order valence-corrected chi connectivity index (χ0v) is 22.0. The number of rotatable bonds is 16. The molecule has 5 heteroatoms. The largest absolute Gasteiger partial charge is 0.462 e. The van der Waals surface area contributed by atoms with Crippen molar-refractivity contribution in [1.29, 1.82) is 0 Å². The zero-order valence-electron chi connectivity index (χ0n) is 18.8. The molecule has 0 aliphatic rings. The van der Waals surface area contributed by atoms with Gasteiger partial charge in [-0.1, -0.05) is 90.2 Å². The van der Waals surface area contributed by atoms with Crippen LogP contribution in [-0.2, 0) is 9.47 Å². The summed E-state index contributed by atoms with van der Waals surface area (Å²) in [5.41, 5.74) is 0.586. The molecule has 0 fully saturated rings. The fourth-order valence-electron chi connectivity index (χ4n) is 3.09. The number of esters is 2. The average molecular weight is 430 g/mol. The van der Waals surface area contributed by atoms with Gasteiger partial charge in [0.2, 0.25) is 0 Å². The van der Waals surface area contributed by atoms with E-state index < -0.39 is 11.9 Å². The Morgan fingerprint density at radius 1 is 0.621 bits per heavy atom. The van der Waals surface area contributed by atoms with Crippen molar-refractivity contribution in [3.05, 3.63) is 35.4 Å². The van der Waals surface area contributed by atoms with Crippen LogP contribution in [0.5, 0.6) is 0 Å². The third-order valence-electron chi connectivity index (χ3n) is 4.83. The Labute approximate surface area is 219 Å². The van der Waals surface area contributed by atoms with Gasteiger partial charge in [-0.15, -0.1) is 0 Å². The van der Waals surface area contributed by atoms with Crippen LogP contribution < -0.4 is 0 Å². The molecule has 0 aliphatic carbocycles. The van der Waals surface area contributed by atoms with Gasteiger partial charge in [0.05, 0.1) is 24.3 Å². The molecule has 4 nitrogen and oxygen atoms in total. The second-order valence-corrected chi connectivity index (χ2v) is 7.35. The summed E-state index contributed by atoms with van der Waals surface area (Å²) >= 11 is 0. The molecular weight excluding hydrogens is 391 g/mol. The minimum atomic E-state index is -0.444. The maximum Gasteiger partial charge on any atom is 0.339 e. The first-order valence-corrected chi connectivity index (χ1v) is 11.1. The third-order valence-corrected chi connectivity index (χ3v) is 4.83. The summed E-state index contributed by atoms with van der Waals surface area (Å²) in [7, 11) is 0. The van der Waals surface area contributed by atoms with Crippen molar-refractivity contribution in [2.75, 3.05) is 13.2 Å². The molecule has 1 rings (SSSR count). The van der Waals surface area contributed by atoms with E-state index in [9.17, 15) is 9.59 Å². The van der Waals surface area contributed by atoms with E-state index in [-0.39, 0.29) is 51.4 Å². The topological polar surface area (TPSA) is 52.6 Å². The maximum atomic E-state index is 12.4. The van der Waals surface area contributed by atoms with E-state index in [1.807, 2.05) is 0 Å². The Balaban J connectivity index is 0.00000784. The molecule has 0 amide bonds. The van der Waals surface area contributed by atoms with E-state index in [1.54, 1.807) is 24.3 Å². The van der Waals surface area contributed by atoms with Crippen molar-refractivity contribution in [3.63, 3.8) is 0 Å². The van der Waals surface area contributed by atoms with Crippen molar-refractivity contribution in [1.82, 2.24) is 0 Å². The second-order valence-electron chi connectivity index (χ2n) is 7.35. The first kappa shape index (κ1) is 28.8. The average Bonchev–Trinajstić information content (AvgIpc) is 2.72. The zero-order chi connectivity index (χ0) is 20.5. The predicted molar refractivity (Wildman–Crippen MR) is 120 cm³/mol. The van der Waals surface area contributed by atoms with Gasteiger partial charge in [0.15, 0.2) is 0 Å². The molecule has 1 aromatic rings. The SMILES string of the molecule is CCCCCCCCOC(=O)c1ccccc1C(=O)OCCCCCCCC.[K]. The molecule has 0 aromatic heterocycles. The summed E-state index contributed by atoms with van der Waals surface area (Å²) in [6, 6.07) is 6.74. The van der Waals surface area contributed by atoms with Gasteiger partial charge in [-0.05, 0) is 25.0 Å². The van der Waals surface area contributed by atoms with Crippen molar-refractivity contribution < 1.29 is 19.1 Å². The predicted octanol–water partition coefficient (Wildman–Crippen LogP) is 6.34. The molecule has 1 radical (unpaired) electrons. The number of hydrogen-bond acceptors (Lipinski definition) is 4. The molecule has 0 saturated heterocycles. The molecule has 0 atom stereocenters. The van der Waals surface area contributed by atoms with E-state index in [0.717, 1.165) is 25.7 Å². The summed E-state index contributed by atoms with van der Waals surface area (Å²) in [5.74, 6) is -0.888. The molecule has 1 aromatic carbocycles. The maximum absolute atomic E-state index is 12.4. The fraction of sp³-hybridized carbons (Fsp3) is 0.667. The van der Waals surface area contributed by atoms with Crippen LogP contribution >= 0.6 is 0 Å². The van der Waals surface area contributed by atoms with Crippen LogP contribution in [0.15, 0.2) is 24.3 Å². The van der Waals surface area contributed by atoms with Crippen LogP contribution in [-0.4, -0.2) is 76.5 Å². The standard InChI is InChI=1S/C24H38O4.K/c1-3-5-7-9-11-15-19-27-23(25)21-17-13-14-18-22(21)24(26)28-20-16-12-10-8-6-4-2;/h13-14,17-18H,3-12,15-16,19-20H2,1-2H3;. The van der Waals surface area contributed by atoms with Gasteiger partial charge in [0.25, 0.3) is 0 Å². The summed E-state index contributed by atoms with van der Waals surface area (Å²) in [5, 5.41) is 0. The van der Waals surface area contributed by atoms with Gasteiger partial charge < -0.3 is 9.47 Å². The van der Waals surface area contributed by atoms with E-state index in [2.05, 4.69) is 13.8 Å². The molecule has 0 spiro atoms. The number of carbonyl (C=O) groups excluding carboxylic acids is 2. The molecule has 159 valence electrons. The van der Waals surface area contributed by atoms with Gasteiger partial charge in [-0.3, -0.25) is 0 Å². The number of ether oxygens (including phenoxy) is 2. The van der Waals surface area contributed by atoms with Crippen LogP contribution in [0.25, 0.3) is 0 Å². The van der Waals surface area contributed by atoms with Gasteiger partial charge >= 0.3 is 11.9 Å². The number of unbranched alkanes of at least 4 members (excludes halogenated alkanes) is 10. The Morgan fingerprint density at radius 2 is 0.966 bits per heavy atom. The fourth-order valence-corrected chi connectivity index (χ4v) is 3.09. The van der Waals surface area contributed by atoms with Crippen LogP contribution in [0.1, 0.15) is 112 Å². The van der Waals surface area contributed by atoms with Crippen molar-refractivity contribution in [2.45, 2.75) is 90.9 Å². The Kier molecular flexibility index (Phi) is 19.6. The summed E-state index contributed by atoms with van der Waals surface area (Å²) < 4.78 is 10.7. The Morgan fingerprint density at radius 3 is 1.34 bits per heavy atom. The Hall–Kier alpha value is -0.204. The molecule has 0 saturated carbocycles. The van der Waals surface area contributed by atoms with Crippen molar-refractivity contribution in [3.8, 4) is 0 Å². The van der Waals surface area contributed by atoms with E-state index in [4.69, 9.17) is 9.47 Å². The van der Waals surface area contributed by atoms with E-state index in [0.29, 0.717) is 24.3 Å². The number of carbonyl (C=O) groups is 2. The van der Waals surface area contributed by atoms with Crippen LogP contribution in [0.2, 0.25) is 0 Å². The third kappa shape index (κ3) is 13.7. The van der Waals surface area contributed by atoms with Crippen molar-refractivity contribution in [2.24, 2.45) is 0 Å².